The first kappa shape index (κ1) is 23.4. The molecule has 0 atom stereocenters. The monoisotopic (exact) mass is 471 g/mol. The minimum atomic E-state index is -3.38. The highest BCUT2D eigenvalue weighted by Crippen LogP contribution is 2.40. The number of carboxylic acids is 1. The first-order valence-corrected chi connectivity index (χ1v) is 12.6. The van der Waals surface area contributed by atoms with E-state index in [1.807, 2.05) is 60.7 Å². The lowest BCUT2D eigenvalue weighted by Gasteiger charge is -2.25. The Bertz CT molecular complexity index is 1530. The van der Waals surface area contributed by atoms with E-state index in [1.165, 1.54) is 6.26 Å². The SMILES string of the molecule is C=C(C(=O)O)c1ccc(-c2ccccc2-c2cc(C(C)(C)S(C)(=O)=O)cc3cccnc23)cc1. The van der Waals surface area contributed by atoms with E-state index in [9.17, 15) is 18.3 Å². The highest BCUT2D eigenvalue weighted by Gasteiger charge is 2.33. The third kappa shape index (κ3) is 4.13. The Morgan fingerprint density at radius 2 is 1.56 bits per heavy atom. The summed E-state index contributed by atoms with van der Waals surface area (Å²) in [4.78, 5) is 15.9. The van der Waals surface area contributed by atoms with Crippen LogP contribution < -0.4 is 0 Å². The van der Waals surface area contributed by atoms with Crippen LogP contribution in [0.3, 0.4) is 0 Å². The molecule has 6 heteroatoms. The topological polar surface area (TPSA) is 84.3 Å². The standard InChI is InChI=1S/C28H25NO4S/c1-18(27(30)31)19-11-13-20(14-12-19)23-9-5-6-10-24(23)25-17-22(28(2,3)34(4,32)33)16-21-8-7-15-29-26(21)25/h5-17H,1H2,2-4H3,(H,30,31). The Hall–Kier alpha value is -3.77. The molecule has 1 aromatic heterocycles. The summed E-state index contributed by atoms with van der Waals surface area (Å²) < 4.78 is 24.1. The van der Waals surface area contributed by atoms with Gasteiger partial charge in [-0.3, -0.25) is 4.98 Å². The van der Waals surface area contributed by atoms with Crippen molar-refractivity contribution >= 4 is 32.3 Å². The number of aliphatic carboxylic acids is 1. The van der Waals surface area contributed by atoms with Gasteiger partial charge >= 0.3 is 5.97 Å². The van der Waals surface area contributed by atoms with Gasteiger partial charge in [-0.25, -0.2) is 13.2 Å². The van der Waals surface area contributed by atoms with Crippen molar-refractivity contribution in [2.45, 2.75) is 18.6 Å². The predicted octanol–water partition coefficient (Wildman–Crippen LogP) is 5.95. The Kier molecular flexibility index (Phi) is 5.87. The highest BCUT2D eigenvalue weighted by molar-refractivity contribution is 7.91. The van der Waals surface area contributed by atoms with Crippen molar-refractivity contribution in [1.82, 2.24) is 4.98 Å². The molecule has 0 fully saturated rings. The van der Waals surface area contributed by atoms with Gasteiger partial charge < -0.3 is 5.11 Å². The van der Waals surface area contributed by atoms with Gasteiger partial charge in [-0.15, -0.1) is 0 Å². The summed E-state index contributed by atoms with van der Waals surface area (Å²) in [6, 6.07) is 22.6. The van der Waals surface area contributed by atoms with Gasteiger partial charge in [-0.05, 0) is 59.9 Å². The summed E-state index contributed by atoms with van der Waals surface area (Å²) in [6.45, 7) is 7.05. The number of rotatable bonds is 6. The molecule has 0 saturated heterocycles. The van der Waals surface area contributed by atoms with Gasteiger partial charge in [-0.1, -0.05) is 61.2 Å². The number of benzene rings is 3. The maximum absolute atomic E-state index is 12.6. The van der Waals surface area contributed by atoms with Gasteiger partial charge in [0, 0.05) is 23.4 Å². The molecule has 0 bridgehead atoms. The fourth-order valence-corrected chi connectivity index (χ4v) is 4.45. The van der Waals surface area contributed by atoms with Gasteiger partial charge in [0.2, 0.25) is 0 Å². The molecule has 0 saturated carbocycles. The van der Waals surface area contributed by atoms with E-state index in [2.05, 4.69) is 11.6 Å². The van der Waals surface area contributed by atoms with Crippen molar-refractivity contribution < 1.29 is 18.3 Å². The number of hydrogen-bond acceptors (Lipinski definition) is 4. The number of pyridine rings is 1. The molecule has 1 N–H and O–H groups in total. The predicted molar refractivity (Wildman–Crippen MR) is 137 cm³/mol. The quantitative estimate of drug-likeness (QED) is 0.352. The Morgan fingerprint density at radius 1 is 0.912 bits per heavy atom. The Labute approximate surface area is 199 Å². The smallest absolute Gasteiger partial charge is 0.335 e. The van der Waals surface area contributed by atoms with Gasteiger partial charge in [0.05, 0.1) is 15.8 Å². The van der Waals surface area contributed by atoms with Gasteiger partial charge in [0.25, 0.3) is 0 Å². The molecule has 0 aliphatic rings. The maximum Gasteiger partial charge on any atom is 0.335 e. The zero-order chi connectivity index (χ0) is 24.7. The normalized spacial score (nSPS) is 12.0. The molecular formula is C28H25NO4S. The number of sulfone groups is 1. The van der Waals surface area contributed by atoms with Crippen molar-refractivity contribution in [1.29, 1.82) is 0 Å². The van der Waals surface area contributed by atoms with E-state index < -0.39 is 20.6 Å². The van der Waals surface area contributed by atoms with Crippen LogP contribution in [-0.4, -0.2) is 30.7 Å². The lowest BCUT2D eigenvalue weighted by atomic mass is 9.89. The van der Waals surface area contributed by atoms with Gasteiger partial charge in [0.1, 0.15) is 0 Å². The van der Waals surface area contributed by atoms with Crippen LogP contribution in [0.1, 0.15) is 25.0 Å². The molecule has 0 spiro atoms. The Morgan fingerprint density at radius 3 is 2.18 bits per heavy atom. The number of hydrogen-bond donors (Lipinski definition) is 1. The lowest BCUT2D eigenvalue weighted by Crippen LogP contribution is -2.28. The van der Waals surface area contributed by atoms with E-state index in [0.717, 1.165) is 33.2 Å². The van der Waals surface area contributed by atoms with E-state index in [0.29, 0.717) is 11.1 Å². The highest BCUT2D eigenvalue weighted by atomic mass is 32.2. The second-order valence-electron chi connectivity index (χ2n) is 8.79. The van der Waals surface area contributed by atoms with Crippen LogP contribution >= 0.6 is 0 Å². The van der Waals surface area contributed by atoms with Crippen molar-refractivity contribution in [2.75, 3.05) is 6.26 Å². The molecule has 34 heavy (non-hydrogen) atoms. The summed E-state index contributed by atoms with van der Waals surface area (Å²) >= 11 is 0. The number of fused-ring (bicyclic) bond motifs is 1. The summed E-state index contributed by atoms with van der Waals surface area (Å²) in [7, 11) is -3.38. The van der Waals surface area contributed by atoms with Crippen LogP contribution in [0.2, 0.25) is 0 Å². The molecule has 4 rings (SSSR count). The molecule has 3 aromatic carbocycles. The molecule has 4 aromatic rings. The van der Waals surface area contributed by atoms with E-state index in [4.69, 9.17) is 0 Å². The van der Waals surface area contributed by atoms with E-state index in [1.54, 1.807) is 32.2 Å². The summed E-state index contributed by atoms with van der Waals surface area (Å²) in [5.41, 5.74) is 5.60. The summed E-state index contributed by atoms with van der Waals surface area (Å²) in [6.07, 6.45) is 2.97. The largest absolute Gasteiger partial charge is 0.478 e. The third-order valence-electron chi connectivity index (χ3n) is 6.35. The molecule has 0 aliphatic heterocycles. The number of carboxylic acid groups (broad SMARTS) is 1. The van der Waals surface area contributed by atoms with Crippen LogP contribution in [0, 0.1) is 0 Å². The fourth-order valence-electron chi connectivity index (χ4n) is 3.90. The second kappa shape index (κ2) is 8.54. The van der Waals surface area contributed by atoms with E-state index in [-0.39, 0.29) is 5.57 Å². The summed E-state index contributed by atoms with van der Waals surface area (Å²) in [5, 5.41) is 10.1. The molecule has 0 unspecified atom stereocenters. The second-order valence-corrected chi connectivity index (χ2v) is 11.4. The minimum absolute atomic E-state index is 0.0331. The molecule has 0 aliphatic carbocycles. The molecule has 5 nitrogen and oxygen atoms in total. The van der Waals surface area contributed by atoms with E-state index >= 15 is 0 Å². The molecule has 0 radical (unpaired) electrons. The number of aromatic nitrogens is 1. The van der Waals surface area contributed by atoms with Gasteiger partial charge in [0.15, 0.2) is 9.84 Å². The van der Waals surface area contributed by atoms with Crippen LogP contribution in [0.4, 0.5) is 0 Å². The number of carbonyl (C=O) groups is 1. The maximum atomic E-state index is 12.6. The Balaban J connectivity index is 1.95. The lowest BCUT2D eigenvalue weighted by molar-refractivity contribution is -0.130. The van der Waals surface area contributed by atoms with Gasteiger partial charge in [-0.2, -0.15) is 0 Å². The van der Waals surface area contributed by atoms with Crippen LogP contribution in [0.15, 0.2) is 85.6 Å². The third-order valence-corrected chi connectivity index (χ3v) is 8.44. The summed E-state index contributed by atoms with van der Waals surface area (Å²) in [5.74, 6) is -1.06. The zero-order valence-corrected chi connectivity index (χ0v) is 20.1. The molecule has 172 valence electrons. The average molecular weight is 472 g/mol. The first-order chi connectivity index (χ1) is 16.0. The van der Waals surface area contributed by atoms with Crippen LogP contribution in [0.25, 0.3) is 38.7 Å². The van der Waals surface area contributed by atoms with Crippen LogP contribution in [0.5, 0.6) is 0 Å². The average Bonchev–Trinajstić information content (AvgIpc) is 2.82. The van der Waals surface area contributed by atoms with Crippen molar-refractivity contribution in [3.8, 4) is 22.3 Å². The minimum Gasteiger partial charge on any atom is -0.478 e. The van der Waals surface area contributed by atoms with Crippen molar-refractivity contribution in [2.24, 2.45) is 0 Å². The zero-order valence-electron chi connectivity index (χ0n) is 19.2. The van der Waals surface area contributed by atoms with Crippen molar-refractivity contribution in [3.05, 3.63) is 96.7 Å². The van der Waals surface area contributed by atoms with Crippen molar-refractivity contribution in [3.63, 3.8) is 0 Å². The molecule has 0 amide bonds. The first-order valence-electron chi connectivity index (χ1n) is 10.7. The molecular weight excluding hydrogens is 446 g/mol. The number of nitrogens with zero attached hydrogens (tertiary/aromatic N) is 1. The van der Waals surface area contributed by atoms with Crippen LogP contribution in [-0.2, 0) is 19.4 Å². The molecule has 1 heterocycles. The fraction of sp³-hybridized carbons (Fsp3) is 0.143.